The highest BCUT2D eigenvalue weighted by Crippen LogP contribution is 2.10. The third kappa shape index (κ3) is 12.5. The summed E-state index contributed by atoms with van der Waals surface area (Å²) in [6.45, 7) is 0.852. The molecule has 4 heteroatoms. The van der Waals surface area contributed by atoms with Crippen molar-refractivity contribution < 1.29 is 0 Å². The molecular formula is C15H28Cl2N2. The first-order chi connectivity index (χ1) is 8.43. The largest absolute Gasteiger partial charge is 0.330 e. The van der Waals surface area contributed by atoms with Gasteiger partial charge in [0.15, 0.2) is 0 Å². The SMILES string of the molecule is Cl.Cl.NCCCCCCCCCCc1cccnc1. The van der Waals surface area contributed by atoms with Gasteiger partial charge in [-0.15, -0.1) is 24.8 Å². The molecule has 112 valence electrons. The van der Waals surface area contributed by atoms with Crippen LogP contribution >= 0.6 is 24.8 Å². The van der Waals surface area contributed by atoms with E-state index < -0.39 is 0 Å². The highest BCUT2D eigenvalue weighted by Gasteiger charge is 1.94. The van der Waals surface area contributed by atoms with E-state index >= 15 is 0 Å². The number of unbranched alkanes of at least 4 members (excludes halogenated alkanes) is 7. The van der Waals surface area contributed by atoms with E-state index in [4.69, 9.17) is 5.73 Å². The van der Waals surface area contributed by atoms with Crippen molar-refractivity contribution in [3.63, 3.8) is 0 Å². The van der Waals surface area contributed by atoms with E-state index in [0.29, 0.717) is 0 Å². The number of aromatic nitrogens is 1. The molecule has 1 aromatic rings. The number of rotatable bonds is 10. The maximum atomic E-state index is 5.46. The molecule has 0 radical (unpaired) electrons. The number of nitrogens with zero attached hydrogens (tertiary/aromatic N) is 1. The minimum atomic E-state index is 0. The van der Waals surface area contributed by atoms with Crippen molar-refractivity contribution >= 4 is 24.8 Å². The molecule has 0 aliphatic rings. The van der Waals surface area contributed by atoms with Crippen LogP contribution in [0, 0.1) is 0 Å². The Morgan fingerprint density at radius 2 is 1.42 bits per heavy atom. The van der Waals surface area contributed by atoms with Gasteiger partial charge in [0.1, 0.15) is 0 Å². The monoisotopic (exact) mass is 306 g/mol. The minimum absolute atomic E-state index is 0. The molecular weight excluding hydrogens is 279 g/mol. The fourth-order valence-electron chi connectivity index (χ4n) is 2.08. The van der Waals surface area contributed by atoms with Gasteiger partial charge in [-0.2, -0.15) is 0 Å². The van der Waals surface area contributed by atoms with Gasteiger partial charge in [-0.05, 0) is 37.4 Å². The molecule has 1 rings (SSSR count). The zero-order chi connectivity index (χ0) is 12.2. The van der Waals surface area contributed by atoms with Crippen LogP contribution in [0.5, 0.6) is 0 Å². The van der Waals surface area contributed by atoms with E-state index in [-0.39, 0.29) is 24.8 Å². The van der Waals surface area contributed by atoms with E-state index in [2.05, 4.69) is 11.1 Å². The summed E-state index contributed by atoms with van der Waals surface area (Å²) in [5.74, 6) is 0. The maximum Gasteiger partial charge on any atom is 0.0299 e. The van der Waals surface area contributed by atoms with Gasteiger partial charge in [0, 0.05) is 12.4 Å². The lowest BCUT2D eigenvalue weighted by molar-refractivity contribution is 0.570. The molecule has 0 fully saturated rings. The predicted molar refractivity (Wildman–Crippen MR) is 88.4 cm³/mol. The van der Waals surface area contributed by atoms with Crippen LogP contribution in [0.2, 0.25) is 0 Å². The molecule has 0 saturated carbocycles. The van der Waals surface area contributed by atoms with Crippen molar-refractivity contribution in [2.75, 3.05) is 6.54 Å². The summed E-state index contributed by atoms with van der Waals surface area (Å²) < 4.78 is 0. The summed E-state index contributed by atoms with van der Waals surface area (Å²) in [6.07, 6.45) is 15.7. The second-order valence-electron chi connectivity index (χ2n) is 4.73. The van der Waals surface area contributed by atoms with Crippen molar-refractivity contribution in [3.05, 3.63) is 30.1 Å². The van der Waals surface area contributed by atoms with Gasteiger partial charge in [0.25, 0.3) is 0 Å². The average Bonchev–Trinajstić information content (AvgIpc) is 2.38. The normalized spacial score (nSPS) is 9.53. The fraction of sp³-hybridized carbons (Fsp3) is 0.667. The van der Waals surface area contributed by atoms with Crippen LogP contribution in [-0.2, 0) is 6.42 Å². The Morgan fingerprint density at radius 1 is 0.842 bits per heavy atom. The van der Waals surface area contributed by atoms with Crippen LogP contribution in [0.1, 0.15) is 56.9 Å². The zero-order valence-corrected chi connectivity index (χ0v) is 13.4. The van der Waals surface area contributed by atoms with Crippen LogP contribution < -0.4 is 5.73 Å². The summed E-state index contributed by atoms with van der Waals surface area (Å²) in [5, 5.41) is 0. The molecule has 0 spiro atoms. The number of aryl methyl sites for hydroxylation is 1. The first-order valence-electron chi connectivity index (χ1n) is 7.02. The van der Waals surface area contributed by atoms with Crippen LogP contribution in [0.25, 0.3) is 0 Å². The lowest BCUT2D eigenvalue weighted by atomic mass is 10.1. The van der Waals surface area contributed by atoms with E-state index in [0.717, 1.165) is 6.54 Å². The molecule has 1 heterocycles. The molecule has 2 nitrogen and oxygen atoms in total. The molecule has 0 aliphatic heterocycles. The zero-order valence-electron chi connectivity index (χ0n) is 11.7. The van der Waals surface area contributed by atoms with Gasteiger partial charge >= 0.3 is 0 Å². The minimum Gasteiger partial charge on any atom is -0.330 e. The molecule has 0 aromatic carbocycles. The molecule has 0 atom stereocenters. The Labute approximate surface area is 130 Å². The van der Waals surface area contributed by atoms with E-state index in [1.54, 1.807) is 0 Å². The molecule has 19 heavy (non-hydrogen) atoms. The highest BCUT2D eigenvalue weighted by atomic mass is 35.5. The van der Waals surface area contributed by atoms with Crippen molar-refractivity contribution in [1.82, 2.24) is 4.98 Å². The molecule has 2 N–H and O–H groups in total. The van der Waals surface area contributed by atoms with Crippen LogP contribution in [0.15, 0.2) is 24.5 Å². The van der Waals surface area contributed by atoms with Gasteiger partial charge in [0.2, 0.25) is 0 Å². The Balaban J connectivity index is 0. The van der Waals surface area contributed by atoms with E-state index in [1.807, 2.05) is 18.5 Å². The quantitative estimate of drug-likeness (QED) is 0.644. The number of hydrogen-bond donors (Lipinski definition) is 1. The first-order valence-corrected chi connectivity index (χ1v) is 7.02. The Hall–Kier alpha value is -0.310. The van der Waals surface area contributed by atoms with Crippen LogP contribution in [0.4, 0.5) is 0 Å². The van der Waals surface area contributed by atoms with Gasteiger partial charge in [-0.1, -0.05) is 44.6 Å². The topological polar surface area (TPSA) is 38.9 Å². The van der Waals surface area contributed by atoms with Crippen molar-refractivity contribution in [1.29, 1.82) is 0 Å². The molecule has 0 bridgehead atoms. The van der Waals surface area contributed by atoms with Gasteiger partial charge < -0.3 is 5.73 Å². The van der Waals surface area contributed by atoms with Gasteiger partial charge in [-0.3, -0.25) is 4.98 Å². The Bertz CT molecular complexity index is 268. The van der Waals surface area contributed by atoms with E-state index in [9.17, 15) is 0 Å². The summed E-state index contributed by atoms with van der Waals surface area (Å²) in [5.41, 5.74) is 6.83. The number of nitrogens with two attached hydrogens (primary N) is 1. The average molecular weight is 307 g/mol. The van der Waals surface area contributed by atoms with Crippen LogP contribution in [0.3, 0.4) is 0 Å². The number of hydrogen-bond acceptors (Lipinski definition) is 2. The van der Waals surface area contributed by atoms with Crippen molar-refractivity contribution in [3.8, 4) is 0 Å². The Morgan fingerprint density at radius 3 is 1.95 bits per heavy atom. The molecule has 0 aliphatic carbocycles. The van der Waals surface area contributed by atoms with Gasteiger partial charge in [-0.25, -0.2) is 0 Å². The summed E-state index contributed by atoms with van der Waals surface area (Å²) in [7, 11) is 0. The standard InChI is InChI=1S/C15H26N2.2ClH/c16-12-8-6-4-2-1-3-5-7-10-15-11-9-13-17-14-15;;/h9,11,13-14H,1-8,10,12,16H2;2*1H. The molecule has 1 aromatic heterocycles. The lowest BCUT2D eigenvalue weighted by Gasteiger charge is -2.02. The van der Waals surface area contributed by atoms with Crippen molar-refractivity contribution in [2.24, 2.45) is 5.73 Å². The lowest BCUT2D eigenvalue weighted by Crippen LogP contribution is -1.97. The third-order valence-electron chi connectivity index (χ3n) is 3.14. The highest BCUT2D eigenvalue weighted by molar-refractivity contribution is 5.85. The predicted octanol–water partition coefficient (Wildman–Crippen LogP) is 4.55. The molecule has 0 unspecified atom stereocenters. The summed E-state index contributed by atoms with van der Waals surface area (Å²) >= 11 is 0. The summed E-state index contributed by atoms with van der Waals surface area (Å²) in [6, 6.07) is 4.19. The van der Waals surface area contributed by atoms with E-state index in [1.165, 1.54) is 63.4 Å². The van der Waals surface area contributed by atoms with Crippen molar-refractivity contribution in [2.45, 2.75) is 57.8 Å². The van der Waals surface area contributed by atoms with Gasteiger partial charge in [0.05, 0.1) is 0 Å². The molecule has 0 saturated heterocycles. The fourth-order valence-corrected chi connectivity index (χ4v) is 2.08. The summed E-state index contributed by atoms with van der Waals surface area (Å²) in [4.78, 5) is 4.13. The first kappa shape index (κ1) is 21.0. The third-order valence-corrected chi connectivity index (χ3v) is 3.14. The second kappa shape index (κ2) is 15.7. The number of pyridine rings is 1. The maximum absolute atomic E-state index is 5.46. The number of halogens is 2. The second-order valence-corrected chi connectivity index (χ2v) is 4.73. The molecule has 0 amide bonds. The smallest absolute Gasteiger partial charge is 0.0299 e. The Kier molecular flexibility index (Phi) is 17.4. The van der Waals surface area contributed by atoms with Crippen LogP contribution in [-0.4, -0.2) is 11.5 Å².